The van der Waals surface area contributed by atoms with E-state index in [-0.39, 0.29) is 11.9 Å². The van der Waals surface area contributed by atoms with E-state index in [9.17, 15) is 9.59 Å². The molecule has 1 aromatic heterocycles. The monoisotopic (exact) mass is 251 g/mol. The summed E-state index contributed by atoms with van der Waals surface area (Å²) in [6, 6.07) is 1.80. The molecule has 0 aliphatic heterocycles. The van der Waals surface area contributed by atoms with Crippen molar-refractivity contribution in [2.24, 2.45) is 0 Å². The molecule has 0 aliphatic carbocycles. The third-order valence-corrected chi connectivity index (χ3v) is 2.46. The highest BCUT2D eigenvalue weighted by molar-refractivity contribution is 5.90. The lowest BCUT2D eigenvalue weighted by Gasteiger charge is -2.07. The van der Waals surface area contributed by atoms with Crippen molar-refractivity contribution >= 4 is 11.9 Å². The lowest BCUT2D eigenvalue weighted by Crippen LogP contribution is -2.07. The lowest BCUT2D eigenvalue weighted by molar-refractivity contribution is -0.141. The number of pyridine rings is 1. The molecule has 0 saturated carbocycles. The Morgan fingerprint density at radius 3 is 2.78 bits per heavy atom. The minimum absolute atomic E-state index is 0.269. The summed E-state index contributed by atoms with van der Waals surface area (Å²) in [5, 5.41) is 0. The van der Waals surface area contributed by atoms with Gasteiger partial charge in [0.2, 0.25) is 0 Å². The molecule has 5 heteroatoms. The number of unbranched alkanes of at least 4 members (excludes halogenated alkanes) is 1. The van der Waals surface area contributed by atoms with Gasteiger partial charge in [-0.1, -0.05) is 0 Å². The van der Waals surface area contributed by atoms with Crippen molar-refractivity contribution in [1.29, 1.82) is 0 Å². The molecule has 0 atom stereocenters. The minimum atomic E-state index is -0.377. The van der Waals surface area contributed by atoms with Gasteiger partial charge in [-0.25, -0.2) is 4.79 Å². The topological polar surface area (TPSA) is 65.5 Å². The number of esters is 2. The molecule has 0 radical (unpaired) electrons. The zero-order valence-electron chi connectivity index (χ0n) is 10.6. The van der Waals surface area contributed by atoms with Crippen LogP contribution in [0.2, 0.25) is 0 Å². The zero-order chi connectivity index (χ0) is 13.4. The van der Waals surface area contributed by atoms with E-state index in [1.807, 2.05) is 0 Å². The molecule has 1 aromatic rings. The van der Waals surface area contributed by atoms with Crippen molar-refractivity contribution < 1.29 is 19.1 Å². The number of hydrogen-bond donors (Lipinski definition) is 0. The third kappa shape index (κ3) is 4.53. The molecular formula is C13H17NO4. The Kier molecular flexibility index (Phi) is 5.84. The Morgan fingerprint density at radius 2 is 2.11 bits per heavy atom. The number of ether oxygens (including phenoxy) is 2. The SMILES string of the molecule is COC(=O)c1cnccc1CCCCOC(C)=O. The van der Waals surface area contributed by atoms with Crippen LogP contribution in [0.5, 0.6) is 0 Å². The molecule has 0 unspecified atom stereocenters. The number of hydrogen-bond acceptors (Lipinski definition) is 5. The fourth-order valence-corrected chi connectivity index (χ4v) is 1.57. The van der Waals surface area contributed by atoms with Crippen LogP contribution in [0, 0.1) is 0 Å². The summed E-state index contributed by atoms with van der Waals surface area (Å²) in [5.41, 5.74) is 1.40. The molecule has 18 heavy (non-hydrogen) atoms. The highest BCUT2D eigenvalue weighted by Gasteiger charge is 2.11. The molecule has 98 valence electrons. The Hall–Kier alpha value is -1.91. The van der Waals surface area contributed by atoms with Gasteiger partial charge in [-0.05, 0) is 30.9 Å². The molecule has 0 aromatic carbocycles. The Labute approximate surface area is 106 Å². The first-order valence-electron chi connectivity index (χ1n) is 5.79. The maximum absolute atomic E-state index is 11.5. The second-order valence-corrected chi connectivity index (χ2v) is 3.82. The highest BCUT2D eigenvalue weighted by Crippen LogP contribution is 2.12. The summed E-state index contributed by atoms with van der Waals surface area (Å²) in [6.07, 6.45) is 5.49. The van der Waals surface area contributed by atoms with Gasteiger partial charge < -0.3 is 9.47 Å². The maximum Gasteiger partial charge on any atom is 0.339 e. The molecule has 0 bridgehead atoms. The van der Waals surface area contributed by atoms with Gasteiger partial charge in [-0.15, -0.1) is 0 Å². The first-order chi connectivity index (χ1) is 8.65. The molecular weight excluding hydrogens is 234 g/mol. The van der Waals surface area contributed by atoms with E-state index in [0.717, 1.165) is 24.8 Å². The Bertz CT molecular complexity index is 417. The zero-order valence-corrected chi connectivity index (χ0v) is 10.6. The summed E-state index contributed by atoms with van der Waals surface area (Å²) >= 11 is 0. The average molecular weight is 251 g/mol. The van der Waals surface area contributed by atoms with Gasteiger partial charge in [0, 0.05) is 19.3 Å². The summed E-state index contributed by atoms with van der Waals surface area (Å²) < 4.78 is 9.52. The number of aryl methyl sites for hydroxylation is 1. The molecule has 5 nitrogen and oxygen atoms in total. The van der Waals surface area contributed by atoms with Crippen molar-refractivity contribution in [3.63, 3.8) is 0 Å². The van der Waals surface area contributed by atoms with Crippen LogP contribution < -0.4 is 0 Å². The van der Waals surface area contributed by atoms with E-state index in [1.165, 1.54) is 20.2 Å². The molecule has 1 heterocycles. The van der Waals surface area contributed by atoms with E-state index >= 15 is 0 Å². The van der Waals surface area contributed by atoms with Gasteiger partial charge in [-0.3, -0.25) is 9.78 Å². The second kappa shape index (κ2) is 7.42. The second-order valence-electron chi connectivity index (χ2n) is 3.82. The number of carbonyl (C=O) groups is 2. The molecule has 0 spiro atoms. The third-order valence-electron chi connectivity index (χ3n) is 2.46. The van der Waals surface area contributed by atoms with Crippen LogP contribution >= 0.6 is 0 Å². The average Bonchev–Trinajstić information content (AvgIpc) is 2.37. The smallest absolute Gasteiger partial charge is 0.339 e. The first-order valence-corrected chi connectivity index (χ1v) is 5.79. The van der Waals surface area contributed by atoms with Crippen molar-refractivity contribution in [2.45, 2.75) is 26.2 Å². The first kappa shape index (κ1) is 14.2. The van der Waals surface area contributed by atoms with Crippen LogP contribution in [0.4, 0.5) is 0 Å². The molecule has 0 aliphatic rings. The normalized spacial score (nSPS) is 9.89. The predicted octanol–water partition coefficient (Wildman–Crippen LogP) is 1.75. The molecule has 0 fully saturated rings. The van der Waals surface area contributed by atoms with Crippen molar-refractivity contribution in [2.75, 3.05) is 13.7 Å². The van der Waals surface area contributed by atoms with Crippen molar-refractivity contribution in [3.05, 3.63) is 29.6 Å². The van der Waals surface area contributed by atoms with E-state index in [2.05, 4.69) is 9.72 Å². The fraction of sp³-hybridized carbons (Fsp3) is 0.462. The number of methoxy groups -OCH3 is 1. The van der Waals surface area contributed by atoms with Crippen LogP contribution in [0.3, 0.4) is 0 Å². The maximum atomic E-state index is 11.5. The van der Waals surface area contributed by atoms with Gasteiger partial charge >= 0.3 is 11.9 Å². The van der Waals surface area contributed by atoms with E-state index in [4.69, 9.17) is 4.74 Å². The van der Waals surface area contributed by atoms with E-state index in [1.54, 1.807) is 12.3 Å². The fourth-order valence-electron chi connectivity index (χ4n) is 1.57. The van der Waals surface area contributed by atoms with Gasteiger partial charge in [0.25, 0.3) is 0 Å². The van der Waals surface area contributed by atoms with Crippen LogP contribution in [0.15, 0.2) is 18.5 Å². The van der Waals surface area contributed by atoms with E-state index < -0.39 is 0 Å². The number of aromatic nitrogens is 1. The minimum Gasteiger partial charge on any atom is -0.466 e. The predicted molar refractivity (Wildman–Crippen MR) is 65.1 cm³/mol. The van der Waals surface area contributed by atoms with Gasteiger partial charge in [0.15, 0.2) is 0 Å². The van der Waals surface area contributed by atoms with Crippen molar-refractivity contribution in [3.8, 4) is 0 Å². The molecule has 0 amide bonds. The number of carbonyl (C=O) groups excluding carboxylic acids is 2. The lowest BCUT2D eigenvalue weighted by atomic mass is 10.0. The van der Waals surface area contributed by atoms with Gasteiger partial charge in [-0.2, -0.15) is 0 Å². The summed E-state index contributed by atoms with van der Waals surface area (Å²) in [6.45, 7) is 1.80. The van der Waals surface area contributed by atoms with Gasteiger partial charge in [0.05, 0.1) is 19.3 Å². The molecule has 0 N–H and O–H groups in total. The van der Waals surface area contributed by atoms with Crippen molar-refractivity contribution in [1.82, 2.24) is 4.98 Å². The summed E-state index contributed by atoms with van der Waals surface area (Å²) in [4.78, 5) is 26.0. The van der Waals surface area contributed by atoms with Gasteiger partial charge in [0.1, 0.15) is 0 Å². The highest BCUT2D eigenvalue weighted by atomic mass is 16.5. The van der Waals surface area contributed by atoms with Crippen LogP contribution in [-0.4, -0.2) is 30.6 Å². The Balaban J connectivity index is 2.46. The molecule has 0 saturated heterocycles. The van der Waals surface area contributed by atoms with Crippen LogP contribution in [0.1, 0.15) is 35.7 Å². The largest absolute Gasteiger partial charge is 0.466 e. The van der Waals surface area contributed by atoms with Crippen LogP contribution in [0.25, 0.3) is 0 Å². The van der Waals surface area contributed by atoms with E-state index in [0.29, 0.717) is 12.2 Å². The standard InChI is InChI=1S/C13H17NO4/c1-10(15)18-8-4-3-5-11-6-7-14-9-12(11)13(16)17-2/h6-7,9H,3-5,8H2,1-2H3. The summed E-state index contributed by atoms with van der Waals surface area (Å²) in [7, 11) is 1.35. The number of rotatable bonds is 6. The molecule has 1 rings (SSSR count). The van der Waals surface area contributed by atoms with Crippen LogP contribution in [-0.2, 0) is 20.7 Å². The summed E-state index contributed by atoms with van der Waals surface area (Å²) in [5.74, 6) is -0.646. The number of nitrogens with zero attached hydrogens (tertiary/aromatic N) is 1. The Morgan fingerprint density at radius 1 is 1.33 bits per heavy atom. The quantitative estimate of drug-likeness (QED) is 0.569.